The highest BCUT2D eigenvalue weighted by Crippen LogP contribution is 2.27. The van der Waals surface area contributed by atoms with E-state index >= 15 is 0 Å². The lowest BCUT2D eigenvalue weighted by Gasteiger charge is -2.04. The molecule has 0 aliphatic heterocycles. The molecule has 6 heteroatoms. The van der Waals surface area contributed by atoms with Gasteiger partial charge in [0.15, 0.2) is 0 Å². The third-order valence-electron chi connectivity index (χ3n) is 1.40. The first kappa shape index (κ1) is 11.2. The highest BCUT2D eigenvalue weighted by molar-refractivity contribution is 14.1. The summed E-state index contributed by atoms with van der Waals surface area (Å²) in [6, 6.07) is 3.13. The van der Waals surface area contributed by atoms with Crippen molar-refractivity contribution in [1.29, 1.82) is 0 Å². The van der Waals surface area contributed by atoms with Crippen molar-refractivity contribution in [3.05, 3.63) is 26.3 Å². The summed E-state index contributed by atoms with van der Waals surface area (Å²) in [4.78, 5) is -0.222. The summed E-state index contributed by atoms with van der Waals surface area (Å²) in [6.45, 7) is 1.79. The SMILES string of the molecule is Cc1cc(Cl)c(S(=O)(=O)O)c(I)c1. The summed E-state index contributed by atoms with van der Waals surface area (Å²) in [7, 11) is -4.22. The molecule has 0 spiro atoms. The van der Waals surface area contributed by atoms with Gasteiger partial charge in [-0.15, -0.1) is 0 Å². The largest absolute Gasteiger partial charge is 0.297 e. The Morgan fingerprint density at radius 3 is 2.38 bits per heavy atom. The van der Waals surface area contributed by atoms with Crippen LogP contribution in [0.3, 0.4) is 0 Å². The Kier molecular flexibility index (Phi) is 3.21. The van der Waals surface area contributed by atoms with Crippen molar-refractivity contribution in [3.63, 3.8) is 0 Å². The van der Waals surface area contributed by atoms with Gasteiger partial charge in [0.05, 0.1) is 5.02 Å². The Morgan fingerprint density at radius 1 is 1.46 bits per heavy atom. The lowest BCUT2D eigenvalue weighted by atomic mass is 10.2. The van der Waals surface area contributed by atoms with Crippen LogP contribution in [-0.2, 0) is 10.1 Å². The van der Waals surface area contributed by atoms with Crippen LogP contribution in [0.2, 0.25) is 5.02 Å². The van der Waals surface area contributed by atoms with Crippen LogP contribution in [-0.4, -0.2) is 13.0 Å². The number of benzene rings is 1. The first-order valence-corrected chi connectivity index (χ1v) is 6.15. The molecule has 13 heavy (non-hydrogen) atoms. The average molecular weight is 333 g/mol. The maximum Gasteiger partial charge on any atom is 0.297 e. The van der Waals surface area contributed by atoms with Gasteiger partial charge in [-0.25, -0.2) is 0 Å². The fraction of sp³-hybridized carbons (Fsp3) is 0.143. The molecule has 0 unspecified atom stereocenters. The third-order valence-corrected chi connectivity index (χ3v) is 3.98. The maximum absolute atomic E-state index is 10.9. The first-order chi connectivity index (χ1) is 5.82. The monoisotopic (exact) mass is 332 g/mol. The second kappa shape index (κ2) is 3.72. The molecule has 1 N–H and O–H groups in total. The van der Waals surface area contributed by atoms with Gasteiger partial charge >= 0.3 is 0 Å². The molecular weight excluding hydrogens is 326 g/mol. The van der Waals surface area contributed by atoms with E-state index in [0.717, 1.165) is 5.56 Å². The molecule has 0 saturated heterocycles. The molecule has 0 heterocycles. The smallest absolute Gasteiger partial charge is 0.282 e. The van der Waals surface area contributed by atoms with Crippen LogP contribution in [0.5, 0.6) is 0 Å². The number of aryl methyl sites for hydroxylation is 1. The fourth-order valence-corrected chi connectivity index (χ4v) is 3.89. The molecule has 0 fully saturated rings. The summed E-state index contributed by atoms with van der Waals surface area (Å²) >= 11 is 7.49. The summed E-state index contributed by atoms with van der Waals surface area (Å²) in [5.74, 6) is 0. The van der Waals surface area contributed by atoms with E-state index in [0.29, 0.717) is 3.57 Å². The zero-order valence-electron chi connectivity index (χ0n) is 6.58. The molecule has 0 aliphatic rings. The number of rotatable bonds is 1. The fourth-order valence-electron chi connectivity index (χ4n) is 0.933. The lowest BCUT2D eigenvalue weighted by molar-refractivity contribution is 0.482. The Balaban J connectivity index is 3.57. The van der Waals surface area contributed by atoms with Crippen LogP contribution in [0.15, 0.2) is 17.0 Å². The Labute approximate surface area is 95.0 Å². The van der Waals surface area contributed by atoms with E-state index in [1.807, 2.05) is 22.6 Å². The minimum absolute atomic E-state index is 0.0481. The molecule has 72 valence electrons. The van der Waals surface area contributed by atoms with E-state index in [4.69, 9.17) is 16.2 Å². The van der Waals surface area contributed by atoms with Crippen LogP contribution >= 0.6 is 34.2 Å². The van der Waals surface area contributed by atoms with E-state index in [1.165, 1.54) is 6.07 Å². The number of halogens is 2. The van der Waals surface area contributed by atoms with Crippen LogP contribution in [0.1, 0.15) is 5.56 Å². The Morgan fingerprint density at radius 2 is 2.00 bits per heavy atom. The van der Waals surface area contributed by atoms with E-state index in [9.17, 15) is 8.42 Å². The first-order valence-electron chi connectivity index (χ1n) is 3.25. The Hall–Kier alpha value is 0.150. The van der Waals surface area contributed by atoms with Gasteiger partial charge in [0.2, 0.25) is 0 Å². The number of hydrogen-bond donors (Lipinski definition) is 1. The summed E-state index contributed by atoms with van der Waals surface area (Å²) < 4.78 is 31.0. The maximum atomic E-state index is 10.9. The van der Waals surface area contributed by atoms with Gasteiger partial charge in [-0.05, 0) is 47.2 Å². The van der Waals surface area contributed by atoms with Gasteiger partial charge < -0.3 is 0 Å². The number of hydrogen-bond acceptors (Lipinski definition) is 2. The summed E-state index contributed by atoms with van der Waals surface area (Å²) in [5.41, 5.74) is 0.849. The molecule has 0 radical (unpaired) electrons. The minimum atomic E-state index is -4.22. The van der Waals surface area contributed by atoms with Crippen molar-refractivity contribution < 1.29 is 13.0 Å². The topological polar surface area (TPSA) is 54.4 Å². The molecule has 0 aliphatic carbocycles. The van der Waals surface area contributed by atoms with Crippen molar-refractivity contribution in [2.24, 2.45) is 0 Å². The van der Waals surface area contributed by atoms with Gasteiger partial charge in [-0.3, -0.25) is 4.55 Å². The minimum Gasteiger partial charge on any atom is -0.282 e. The predicted molar refractivity (Wildman–Crippen MR) is 58.7 cm³/mol. The molecule has 1 aromatic rings. The molecule has 0 amide bonds. The van der Waals surface area contributed by atoms with Crippen LogP contribution in [0.4, 0.5) is 0 Å². The average Bonchev–Trinajstić information content (AvgIpc) is 1.78. The van der Waals surface area contributed by atoms with Gasteiger partial charge in [0.25, 0.3) is 10.1 Å². The normalized spacial score (nSPS) is 11.7. The van der Waals surface area contributed by atoms with E-state index in [2.05, 4.69) is 0 Å². The molecule has 1 aromatic carbocycles. The van der Waals surface area contributed by atoms with Gasteiger partial charge in [-0.2, -0.15) is 8.42 Å². The van der Waals surface area contributed by atoms with Crippen molar-refractivity contribution in [2.45, 2.75) is 11.8 Å². The summed E-state index contributed by atoms with van der Waals surface area (Å²) in [6.07, 6.45) is 0. The molecule has 0 bridgehead atoms. The predicted octanol–water partition coefficient (Wildman–Crippen LogP) is 2.50. The Bertz CT molecular complexity index is 418. The van der Waals surface area contributed by atoms with E-state index < -0.39 is 10.1 Å². The van der Waals surface area contributed by atoms with Crippen LogP contribution in [0, 0.1) is 10.5 Å². The molecule has 0 saturated carbocycles. The van der Waals surface area contributed by atoms with Gasteiger partial charge in [0.1, 0.15) is 4.90 Å². The highest BCUT2D eigenvalue weighted by Gasteiger charge is 2.18. The molecule has 3 nitrogen and oxygen atoms in total. The van der Waals surface area contributed by atoms with Crippen LogP contribution < -0.4 is 0 Å². The molecule has 1 rings (SSSR count). The zero-order chi connectivity index (χ0) is 10.2. The highest BCUT2D eigenvalue weighted by atomic mass is 127. The van der Waals surface area contributed by atoms with Crippen molar-refractivity contribution in [2.75, 3.05) is 0 Å². The molecular formula is C7H6ClIO3S. The van der Waals surface area contributed by atoms with Gasteiger partial charge in [0, 0.05) is 3.57 Å². The van der Waals surface area contributed by atoms with Crippen LogP contribution in [0.25, 0.3) is 0 Å². The molecule has 0 atom stereocenters. The second-order valence-electron chi connectivity index (χ2n) is 2.53. The standard InChI is InChI=1S/C7H6ClIO3S/c1-4-2-5(8)7(6(9)3-4)13(10,11)12/h2-3H,1H3,(H,10,11,12). The lowest BCUT2D eigenvalue weighted by Crippen LogP contribution is -2.02. The van der Waals surface area contributed by atoms with Crippen molar-refractivity contribution in [3.8, 4) is 0 Å². The second-order valence-corrected chi connectivity index (χ2v) is 5.46. The zero-order valence-corrected chi connectivity index (χ0v) is 10.3. The van der Waals surface area contributed by atoms with Crippen molar-refractivity contribution in [1.82, 2.24) is 0 Å². The van der Waals surface area contributed by atoms with Gasteiger partial charge in [-0.1, -0.05) is 11.6 Å². The summed E-state index contributed by atoms with van der Waals surface area (Å²) in [5, 5.41) is 0.0481. The van der Waals surface area contributed by atoms with E-state index in [-0.39, 0.29) is 9.92 Å². The third kappa shape index (κ3) is 2.55. The molecule has 0 aromatic heterocycles. The van der Waals surface area contributed by atoms with Crippen molar-refractivity contribution >= 4 is 44.3 Å². The van der Waals surface area contributed by atoms with E-state index in [1.54, 1.807) is 13.0 Å². The quantitative estimate of drug-likeness (QED) is 0.635.